The molecule has 0 saturated carbocycles. The number of benzene rings is 2. The van der Waals surface area contributed by atoms with Gasteiger partial charge in [0.15, 0.2) is 5.69 Å². The Morgan fingerprint density at radius 3 is 2.52 bits per heavy atom. The molecule has 1 atom stereocenters. The molecule has 7 heteroatoms. The lowest BCUT2D eigenvalue weighted by atomic mass is 10.1. The Hall–Kier alpha value is -3.48. The predicted molar refractivity (Wildman–Crippen MR) is 89.4 cm³/mol. The third kappa shape index (κ3) is 3.72. The molecule has 6 nitrogen and oxygen atoms in total. The standard InChI is InChI=1S/C18H15FN4O2/c19-13-7-4-8-14(11-13)23-10-9-15(22-23)18(25)21-16(17(20)24)12-5-2-1-3-6-12/h1-11,16H,(H2,20,24)(H,21,25)/t16-/m1/s1. The molecule has 1 aromatic heterocycles. The fraction of sp³-hybridized carbons (Fsp3) is 0.0556. The molecule has 0 aliphatic rings. The van der Waals surface area contributed by atoms with Crippen molar-refractivity contribution in [2.24, 2.45) is 5.73 Å². The second-order valence-corrected chi connectivity index (χ2v) is 5.34. The monoisotopic (exact) mass is 338 g/mol. The Labute approximate surface area is 143 Å². The van der Waals surface area contributed by atoms with Gasteiger partial charge in [0, 0.05) is 6.20 Å². The van der Waals surface area contributed by atoms with Crippen molar-refractivity contribution in [2.45, 2.75) is 6.04 Å². The lowest BCUT2D eigenvalue weighted by Crippen LogP contribution is -2.37. The van der Waals surface area contributed by atoms with Crippen LogP contribution in [0.15, 0.2) is 66.9 Å². The molecule has 25 heavy (non-hydrogen) atoms. The molecule has 3 aromatic rings. The Bertz CT molecular complexity index is 908. The van der Waals surface area contributed by atoms with Crippen molar-refractivity contribution < 1.29 is 14.0 Å². The van der Waals surface area contributed by atoms with Gasteiger partial charge in [0.2, 0.25) is 5.91 Å². The van der Waals surface area contributed by atoms with E-state index in [1.165, 1.54) is 29.1 Å². The van der Waals surface area contributed by atoms with Crippen LogP contribution in [0.3, 0.4) is 0 Å². The average molecular weight is 338 g/mol. The van der Waals surface area contributed by atoms with Gasteiger partial charge < -0.3 is 11.1 Å². The van der Waals surface area contributed by atoms with E-state index in [-0.39, 0.29) is 5.69 Å². The zero-order valence-electron chi connectivity index (χ0n) is 13.1. The number of primary amides is 1. The topological polar surface area (TPSA) is 90.0 Å². The van der Waals surface area contributed by atoms with Crippen LogP contribution >= 0.6 is 0 Å². The normalized spacial score (nSPS) is 11.7. The van der Waals surface area contributed by atoms with Gasteiger partial charge in [0.1, 0.15) is 11.9 Å². The molecule has 0 aliphatic carbocycles. The molecule has 1 heterocycles. The Balaban J connectivity index is 1.80. The number of halogens is 1. The minimum Gasteiger partial charge on any atom is -0.368 e. The Morgan fingerprint density at radius 2 is 1.84 bits per heavy atom. The van der Waals surface area contributed by atoms with Crippen molar-refractivity contribution >= 4 is 11.8 Å². The van der Waals surface area contributed by atoms with Gasteiger partial charge in [-0.15, -0.1) is 0 Å². The first kappa shape index (κ1) is 16.4. The summed E-state index contributed by atoms with van der Waals surface area (Å²) < 4.78 is 14.7. The SMILES string of the molecule is NC(=O)[C@H](NC(=O)c1ccn(-c2cccc(F)c2)n1)c1ccccc1. The second kappa shape index (κ2) is 6.96. The summed E-state index contributed by atoms with van der Waals surface area (Å²) in [6, 6.07) is 15.0. The lowest BCUT2D eigenvalue weighted by Gasteiger charge is -2.14. The molecule has 3 N–H and O–H groups in total. The van der Waals surface area contributed by atoms with Crippen molar-refractivity contribution in [1.82, 2.24) is 15.1 Å². The first-order valence-corrected chi connectivity index (χ1v) is 7.51. The van der Waals surface area contributed by atoms with Gasteiger partial charge >= 0.3 is 0 Å². The maximum Gasteiger partial charge on any atom is 0.272 e. The number of amides is 2. The molecular weight excluding hydrogens is 323 g/mol. The van der Waals surface area contributed by atoms with Crippen molar-refractivity contribution in [1.29, 1.82) is 0 Å². The summed E-state index contributed by atoms with van der Waals surface area (Å²) in [6.45, 7) is 0. The van der Waals surface area contributed by atoms with E-state index >= 15 is 0 Å². The minimum absolute atomic E-state index is 0.0893. The summed E-state index contributed by atoms with van der Waals surface area (Å²) in [5.74, 6) is -1.64. The molecule has 0 bridgehead atoms. The van der Waals surface area contributed by atoms with E-state index in [1.54, 1.807) is 42.5 Å². The smallest absolute Gasteiger partial charge is 0.272 e. The summed E-state index contributed by atoms with van der Waals surface area (Å²) in [5.41, 5.74) is 6.53. The molecule has 3 rings (SSSR count). The van der Waals surface area contributed by atoms with E-state index in [2.05, 4.69) is 10.4 Å². The highest BCUT2D eigenvalue weighted by atomic mass is 19.1. The number of nitrogens with zero attached hydrogens (tertiary/aromatic N) is 2. The lowest BCUT2D eigenvalue weighted by molar-refractivity contribution is -0.120. The molecule has 0 unspecified atom stereocenters. The Kier molecular flexibility index (Phi) is 4.56. The highest BCUT2D eigenvalue weighted by Gasteiger charge is 2.22. The molecule has 126 valence electrons. The molecule has 0 spiro atoms. The third-order valence-electron chi connectivity index (χ3n) is 3.59. The van der Waals surface area contributed by atoms with Crippen LogP contribution in [0, 0.1) is 5.82 Å². The highest BCUT2D eigenvalue weighted by Crippen LogP contribution is 2.14. The third-order valence-corrected chi connectivity index (χ3v) is 3.59. The first-order valence-electron chi connectivity index (χ1n) is 7.51. The van der Waals surface area contributed by atoms with Crippen LogP contribution in [-0.2, 0) is 4.79 Å². The molecular formula is C18H15FN4O2. The van der Waals surface area contributed by atoms with Gasteiger partial charge in [0.25, 0.3) is 5.91 Å². The predicted octanol–water partition coefficient (Wildman–Crippen LogP) is 1.97. The van der Waals surface area contributed by atoms with E-state index in [0.717, 1.165) is 0 Å². The number of rotatable bonds is 5. The average Bonchev–Trinajstić information content (AvgIpc) is 3.10. The first-order chi connectivity index (χ1) is 12.0. The van der Waals surface area contributed by atoms with Gasteiger partial charge in [-0.2, -0.15) is 5.10 Å². The molecule has 2 aromatic carbocycles. The Morgan fingerprint density at radius 1 is 1.08 bits per heavy atom. The number of carbonyl (C=O) groups is 2. The van der Waals surface area contributed by atoms with Crippen LogP contribution in [0.2, 0.25) is 0 Å². The van der Waals surface area contributed by atoms with E-state index in [4.69, 9.17) is 5.73 Å². The van der Waals surface area contributed by atoms with Crippen LogP contribution in [0.4, 0.5) is 4.39 Å². The van der Waals surface area contributed by atoms with Crippen molar-refractivity contribution in [3.63, 3.8) is 0 Å². The number of aromatic nitrogens is 2. The largest absolute Gasteiger partial charge is 0.368 e. The number of nitrogens with one attached hydrogen (secondary N) is 1. The second-order valence-electron chi connectivity index (χ2n) is 5.34. The van der Waals surface area contributed by atoms with Crippen molar-refractivity contribution in [3.05, 3.63) is 83.9 Å². The van der Waals surface area contributed by atoms with Crippen LogP contribution in [0.1, 0.15) is 22.1 Å². The van der Waals surface area contributed by atoms with Gasteiger partial charge in [-0.3, -0.25) is 9.59 Å². The molecule has 0 radical (unpaired) electrons. The molecule has 0 fully saturated rings. The maximum atomic E-state index is 13.3. The molecule has 0 saturated heterocycles. The van der Waals surface area contributed by atoms with Crippen molar-refractivity contribution in [3.8, 4) is 5.69 Å². The maximum absolute atomic E-state index is 13.3. The summed E-state index contributed by atoms with van der Waals surface area (Å²) >= 11 is 0. The van der Waals surface area contributed by atoms with E-state index in [9.17, 15) is 14.0 Å². The zero-order chi connectivity index (χ0) is 17.8. The fourth-order valence-corrected chi connectivity index (χ4v) is 2.38. The van der Waals surface area contributed by atoms with Gasteiger partial charge in [0.05, 0.1) is 5.69 Å². The summed E-state index contributed by atoms with van der Waals surface area (Å²) in [4.78, 5) is 24.0. The summed E-state index contributed by atoms with van der Waals surface area (Å²) in [7, 11) is 0. The highest BCUT2D eigenvalue weighted by molar-refractivity contribution is 5.96. The van der Waals surface area contributed by atoms with Gasteiger partial charge in [-0.1, -0.05) is 36.4 Å². The molecule has 2 amide bonds. The number of carbonyl (C=O) groups excluding carboxylic acids is 2. The fourth-order valence-electron chi connectivity index (χ4n) is 2.38. The number of hydrogen-bond donors (Lipinski definition) is 2. The minimum atomic E-state index is -0.965. The summed E-state index contributed by atoms with van der Waals surface area (Å²) in [6.07, 6.45) is 1.53. The molecule has 0 aliphatic heterocycles. The van der Waals surface area contributed by atoms with Crippen molar-refractivity contribution in [2.75, 3.05) is 0 Å². The van der Waals surface area contributed by atoms with Crippen LogP contribution in [0.25, 0.3) is 5.69 Å². The van der Waals surface area contributed by atoms with Gasteiger partial charge in [-0.25, -0.2) is 9.07 Å². The van der Waals surface area contributed by atoms with Crippen LogP contribution in [0.5, 0.6) is 0 Å². The van der Waals surface area contributed by atoms with E-state index < -0.39 is 23.7 Å². The number of hydrogen-bond acceptors (Lipinski definition) is 3. The quantitative estimate of drug-likeness (QED) is 0.745. The van der Waals surface area contributed by atoms with Crippen LogP contribution < -0.4 is 11.1 Å². The number of nitrogens with two attached hydrogens (primary N) is 1. The zero-order valence-corrected chi connectivity index (χ0v) is 13.1. The summed E-state index contributed by atoms with van der Waals surface area (Å²) in [5, 5.41) is 6.68. The van der Waals surface area contributed by atoms with E-state index in [1.807, 2.05) is 0 Å². The van der Waals surface area contributed by atoms with Crippen LogP contribution in [-0.4, -0.2) is 21.6 Å². The van der Waals surface area contributed by atoms with Gasteiger partial charge in [-0.05, 0) is 29.8 Å². The van der Waals surface area contributed by atoms with E-state index in [0.29, 0.717) is 11.3 Å².